The third-order valence-corrected chi connectivity index (χ3v) is 3.37. The summed E-state index contributed by atoms with van der Waals surface area (Å²) in [5.41, 5.74) is -0.692. The van der Waals surface area contributed by atoms with Crippen LogP contribution >= 0.6 is 0 Å². The van der Waals surface area contributed by atoms with Crippen LogP contribution in [0, 0.1) is 0 Å². The number of methoxy groups -OCH3 is 1. The van der Waals surface area contributed by atoms with Crippen molar-refractivity contribution in [2.75, 3.05) is 12.9 Å². The van der Waals surface area contributed by atoms with E-state index < -0.39 is 39.4 Å². The molecule has 0 aromatic heterocycles. The number of esters is 2. The Morgan fingerprint density at radius 1 is 1.26 bits per heavy atom. The smallest absolute Gasteiger partial charge is 0.324 e. The predicted molar refractivity (Wildman–Crippen MR) is 68.9 cm³/mol. The fourth-order valence-electron chi connectivity index (χ4n) is 1.09. The van der Waals surface area contributed by atoms with Gasteiger partial charge in [0.25, 0.3) is 0 Å². The van der Waals surface area contributed by atoms with E-state index in [-0.39, 0.29) is 6.42 Å². The van der Waals surface area contributed by atoms with Crippen molar-refractivity contribution in [3.05, 3.63) is 0 Å². The van der Waals surface area contributed by atoms with Gasteiger partial charge < -0.3 is 9.47 Å². The van der Waals surface area contributed by atoms with E-state index in [1.165, 1.54) is 14.0 Å². The van der Waals surface area contributed by atoms with Crippen LogP contribution in [0.15, 0.2) is 0 Å². The molecular weight excluding hydrogens is 274 g/mol. The van der Waals surface area contributed by atoms with E-state index in [0.717, 1.165) is 0 Å². The van der Waals surface area contributed by atoms with Crippen molar-refractivity contribution in [1.29, 1.82) is 0 Å². The molecule has 0 saturated carbocycles. The molecule has 19 heavy (non-hydrogen) atoms. The molecule has 0 unspecified atom stereocenters. The van der Waals surface area contributed by atoms with E-state index in [4.69, 9.17) is 4.74 Å². The third kappa shape index (κ3) is 8.55. The van der Waals surface area contributed by atoms with E-state index in [1.54, 1.807) is 20.8 Å². The second-order valence-electron chi connectivity index (χ2n) is 5.02. The van der Waals surface area contributed by atoms with E-state index in [9.17, 15) is 18.0 Å². The first kappa shape index (κ1) is 17.8. The zero-order valence-corrected chi connectivity index (χ0v) is 12.7. The Labute approximate surface area is 113 Å². The summed E-state index contributed by atoms with van der Waals surface area (Å²) < 4.78 is 34.7. The number of hydrogen-bond donors (Lipinski definition) is 1. The van der Waals surface area contributed by atoms with Gasteiger partial charge in [-0.15, -0.1) is 0 Å². The minimum Gasteiger partial charge on any atom is -0.469 e. The van der Waals surface area contributed by atoms with Gasteiger partial charge in [-0.3, -0.25) is 9.59 Å². The molecule has 0 heterocycles. The van der Waals surface area contributed by atoms with Crippen LogP contribution in [0.2, 0.25) is 0 Å². The Kier molecular flexibility index (Phi) is 6.44. The Morgan fingerprint density at radius 2 is 1.79 bits per heavy atom. The Bertz CT molecular complexity index is 423. The monoisotopic (exact) mass is 295 g/mol. The second-order valence-corrected chi connectivity index (χ2v) is 6.89. The van der Waals surface area contributed by atoms with Crippen LogP contribution in [-0.4, -0.2) is 44.9 Å². The lowest BCUT2D eigenvalue weighted by Crippen LogP contribution is -2.43. The van der Waals surface area contributed by atoms with Gasteiger partial charge in [-0.1, -0.05) is 0 Å². The maximum atomic E-state index is 11.6. The molecule has 112 valence electrons. The summed E-state index contributed by atoms with van der Waals surface area (Å²) in [6.07, 6.45) is -0.271. The largest absolute Gasteiger partial charge is 0.469 e. The zero-order chi connectivity index (χ0) is 15.3. The van der Waals surface area contributed by atoms with Crippen molar-refractivity contribution in [3.8, 4) is 0 Å². The van der Waals surface area contributed by atoms with Crippen molar-refractivity contribution < 1.29 is 27.5 Å². The number of carbonyl (C=O) groups is 2. The first-order valence-corrected chi connectivity index (χ1v) is 7.42. The molecule has 1 N–H and O–H groups in total. The van der Waals surface area contributed by atoms with Crippen LogP contribution in [-0.2, 0) is 29.1 Å². The summed E-state index contributed by atoms with van der Waals surface area (Å²) in [6, 6.07) is -1.01. The van der Waals surface area contributed by atoms with Crippen molar-refractivity contribution >= 4 is 22.0 Å². The van der Waals surface area contributed by atoms with Gasteiger partial charge in [0.15, 0.2) is 0 Å². The molecule has 0 radical (unpaired) electrons. The van der Waals surface area contributed by atoms with Gasteiger partial charge in [-0.2, -0.15) is 0 Å². The Hall–Kier alpha value is -1.15. The van der Waals surface area contributed by atoms with Gasteiger partial charge in [0.05, 0.1) is 19.3 Å². The van der Waals surface area contributed by atoms with E-state index in [2.05, 4.69) is 9.46 Å². The quantitative estimate of drug-likeness (QED) is 0.703. The van der Waals surface area contributed by atoms with Crippen molar-refractivity contribution in [3.63, 3.8) is 0 Å². The first-order valence-electron chi connectivity index (χ1n) is 5.76. The average molecular weight is 295 g/mol. The van der Waals surface area contributed by atoms with Crippen LogP contribution in [0.5, 0.6) is 0 Å². The summed E-state index contributed by atoms with van der Waals surface area (Å²) >= 11 is 0. The highest BCUT2D eigenvalue weighted by molar-refractivity contribution is 7.89. The number of nitrogens with one attached hydrogen (secondary N) is 1. The van der Waals surface area contributed by atoms with Gasteiger partial charge in [0, 0.05) is 0 Å². The van der Waals surface area contributed by atoms with Crippen LogP contribution in [0.25, 0.3) is 0 Å². The maximum absolute atomic E-state index is 11.6. The van der Waals surface area contributed by atoms with Crippen molar-refractivity contribution in [2.24, 2.45) is 0 Å². The number of ether oxygens (including phenoxy) is 2. The highest BCUT2D eigenvalue weighted by Gasteiger charge is 2.25. The molecule has 0 aromatic rings. The number of rotatable bonds is 6. The lowest BCUT2D eigenvalue weighted by Gasteiger charge is -2.22. The molecule has 0 aliphatic heterocycles. The van der Waals surface area contributed by atoms with Gasteiger partial charge >= 0.3 is 11.9 Å². The number of hydrogen-bond acceptors (Lipinski definition) is 6. The minimum atomic E-state index is -3.74. The average Bonchev–Trinajstić information content (AvgIpc) is 2.23. The van der Waals surface area contributed by atoms with E-state index >= 15 is 0 Å². The standard InChI is InChI=1S/C11H21NO6S/c1-8(10(14)18-11(2,3)4)12-19(15,16)7-6-9(13)17-5/h8,12H,6-7H2,1-5H3/t8-/m0/s1. The molecule has 0 fully saturated rings. The van der Waals surface area contributed by atoms with Crippen LogP contribution in [0.3, 0.4) is 0 Å². The highest BCUT2D eigenvalue weighted by atomic mass is 32.2. The van der Waals surface area contributed by atoms with E-state index in [1.807, 2.05) is 0 Å². The van der Waals surface area contributed by atoms with Gasteiger partial charge in [-0.05, 0) is 27.7 Å². The normalized spacial score (nSPS) is 13.7. The minimum absolute atomic E-state index is 0.271. The lowest BCUT2D eigenvalue weighted by molar-refractivity contribution is -0.156. The van der Waals surface area contributed by atoms with E-state index in [0.29, 0.717) is 0 Å². The molecule has 0 amide bonds. The Morgan fingerprint density at radius 3 is 2.21 bits per heavy atom. The van der Waals surface area contributed by atoms with Gasteiger partial charge in [0.1, 0.15) is 11.6 Å². The second kappa shape index (κ2) is 6.85. The predicted octanol–water partition coefficient (Wildman–Crippen LogP) is 0.199. The molecule has 0 rings (SSSR count). The molecule has 0 aromatic carbocycles. The summed E-state index contributed by atoms with van der Waals surface area (Å²) in [5, 5.41) is 0. The van der Waals surface area contributed by atoms with Gasteiger partial charge in [-0.25, -0.2) is 13.1 Å². The molecule has 8 heteroatoms. The summed E-state index contributed by atoms with van der Waals surface area (Å²) in [4.78, 5) is 22.4. The molecule has 0 aliphatic carbocycles. The molecule has 0 spiro atoms. The fourth-order valence-corrected chi connectivity index (χ4v) is 2.27. The lowest BCUT2D eigenvalue weighted by atomic mass is 10.2. The molecule has 1 atom stereocenters. The number of carbonyl (C=O) groups excluding carboxylic acids is 2. The first-order chi connectivity index (χ1) is 8.47. The number of sulfonamides is 1. The highest BCUT2D eigenvalue weighted by Crippen LogP contribution is 2.08. The van der Waals surface area contributed by atoms with Crippen molar-refractivity contribution in [1.82, 2.24) is 4.72 Å². The topological polar surface area (TPSA) is 98.8 Å². The Balaban J connectivity index is 4.42. The fraction of sp³-hybridized carbons (Fsp3) is 0.818. The zero-order valence-electron chi connectivity index (χ0n) is 11.8. The molecule has 0 bridgehead atoms. The van der Waals surface area contributed by atoms with Crippen LogP contribution in [0.1, 0.15) is 34.1 Å². The summed E-state index contributed by atoms with van der Waals surface area (Å²) in [5.74, 6) is -1.74. The van der Waals surface area contributed by atoms with Crippen LogP contribution < -0.4 is 4.72 Å². The third-order valence-electron chi connectivity index (χ3n) is 1.92. The molecule has 0 aliphatic rings. The summed E-state index contributed by atoms with van der Waals surface area (Å²) in [6.45, 7) is 6.43. The van der Waals surface area contributed by atoms with Crippen molar-refractivity contribution in [2.45, 2.75) is 45.8 Å². The molecule has 0 saturated heterocycles. The summed E-state index contributed by atoms with van der Waals surface area (Å²) in [7, 11) is -2.57. The molecular formula is C11H21NO6S. The molecule has 7 nitrogen and oxygen atoms in total. The van der Waals surface area contributed by atoms with Gasteiger partial charge in [0.2, 0.25) is 10.0 Å². The van der Waals surface area contributed by atoms with Crippen LogP contribution in [0.4, 0.5) is 0 Å². The SMILES string of the molecule is COC(=O)CCS(=O)(=O)N[C@@H](C)C(=O)OC(C)(C)C. The maximum Gasteiger partial charge on any atom is 0.324 e.